The Balaban J connectivity index is 2.44. The third-order valence-electron chi connectivity index (χ3n) is 2.98. The number of rotatable bonds is 4. The number of fused-ring (bicyclic) bond motifs is 1. The first-order valence-electron chi connectivity index (χ1n) is 5.92. The topological polar surface area (TPSA) is 127 Å². The summed E-state index contributed by atoms with van der Waals surface area (Å²) in [4.78, 5) is 0. The lowest BCUT2D eigenvalue weighted by Gasteiger charge is -2.24. The minimum absolute atomic E-state index is 0.0517. The fraction of sp³-hybridized carbons (Fsp3) is 0.600. The number of primary sulfonamides is 1. The second-order valence-corrected chi connectivity index (χ2v) is 9.92. The molecule has 0 aliphatic carbocycles. The number of aliphatic hydroxyl groups is 1. The lowest BCUT2D eigenvalue weighted by molar-refractivity contribution is 0.185. The maximum absolute atomic E-state index is 12.0. The van der Waals surface area contributed by atoms with Crippen LogP contribution >= 0.6 is 11.3 Å². The molecule has 2 rings (SSSR count). The largest absolute Gasteiger partial charge is 0.392 e. The molecule has 0 radical (unpaired) electrons. The number of hydrogen-bond donors (Lipinski definition) is 3. The van der Waals surface area contributed by atoms with Crippen molar-refractivity contribution in [2.45, 2.75) is 33.9 Å². The summed E-state index contributed by atoms with van der Waals surface area (Å²) in [6, 6.07) is 1.01. The van der Waals surface area contributed by atoms with Crippen molar-refractivity contribution in [1.82, 2.24) is 5.32 Å². The van der Waals surface area contributed by atoms with Crippen LogP contribution < -0.4 is 10.5 Å². The molecule has 0 saturated heterocycles. The molecule has 1 aromatic rings. The summed E-state index contributed by atoms with van der Waals surface area (Å²) >= 11 is 0.684. The Kier molecular flexibility index (Phi) is 4.24. The normalized spacial score (nSPS) is 23.2. The summed E-state index contributed by atoms with van der Waals surface area (Å²) in [7, 11) is -7.38. The molecule has 20 heavy (non-hydrogen) atoms. The third kappa shape index (κ3) is 3.21. The van der Waals surface area contributed by atoms with Crippen LogP contribution in [0.2, 0.25) is 0 Å². The zero-order valence-electron chi connectivity index (χ0n) is 10.7. The molecule has 10 heteroatoms. The van der Waals surface area contributed by atoms with Gasteiger partial charge in [0.15, 0.2) is 9.84 Å². The fourth-order valence-electron chi connectivity index (χ4n) is 2.04. The first-order valence-corrected chi connectivity index (χ1v) is 9.93. The summed E-state index contributed by atoms with van der Waals surface area (Å²) in [6.45, 7) is 1.90. The van der Waals surface area contributed by atoms with E-state index in [1.807, 2.05) is 0 Å². The quantitative estimate of drug-likeness (QED) is 0.683. The van der Waals surface area contributed by atoms with E-state index in [1.54, 1.807) is 6.92 Å². The van der Waals surface area contributed by atoms with E-state index in [2.05, 4.69) is 5.32 Å². The Bertz CT molecular complexity index is 705. The monoisotopic (exact) mass is 340 g/mol. The fourth-order valence-corrected chi connectivity index (χ4v) is 6.21. The van der Waals surface area contributed by atoms with E-state index < -0.39 is 26.0 Å². The second kappa shape index (κ2) is 5.35. The van der Waals surface area contributed by atoms with Crippen molar-refractivity contribution in [2.75, 3.05) is 12.3 Å². The second-order valence-electron chi connectivity index (χ2n) is 4.77. The Labute approximate surface area is 121 Å². The molecule has 2 atom stereocenters. The van der Waals surface area contributed by atoms with Gasteiger partial charge in [-0.15, -0.1) is 11.3 Å². The number of thiophene rings is 1. The first kappa shape index (κ1) is 15.9. The summed E-state index contributed by atoms with van der Waals surface area (Å²) in [5.74, 6) is -0.0535. The molecule has 2 unspecified atom stereocenters. The van der Waals surface area contributed by atoms with Crippen molar-refractivity contribution < 1.29 is 21.9 Å². The molecule has 1 aromatic heterocycles. The van der Waals surface area contributed by atoms with Gasteiger partial charge in [0, 0.05) is 18.2 Å². The van der Waals surface area contributed by atoms with E-state index in [0.717, 1.165) is 0 Å². The van der Waals surface area contributed by atoms with Gasteiger partial charge in [0.2, 0.25) is 10.0 Å². The van der Waals surface area contributed by atoms with E-state index in [-0.39, 0.29) is 20.2 Å². The number of nitrogens with one attached hydrogen (secondary N) is 1. The van der Waals surface area contributed by atoms with E-state index in [9.17, 15) is 21.9 Å². The van der Waals surface area contributed by atoms with Crippen LogP contribution in [0.25, 0.3) is 0 Å². The van der Waals surface area contributed by atoms with Crippen molar-refractivity contribution >= 4 is 31.2 Å². The van der Waals surface area contributed by atoms with Gasteiger partial charge < -0.3 is 10.4 Å². The van der Waals surface area contributed by atoms with Gasteiger partial charge in [0.25, 0.3) is 0 Å². The van der Waals surface area contributed by atoms with Crippen LogP contribution in [0, 0.1) is 0 Å². The van der Waals surface area contributed by atoms with Crippen molar-refractivity contribution in [3.63, 3.8) is 0 Å². The lowest BCUT2D eigenvalue weighted by Crippen LogP contribution is -2.33. The summed E-state index contributed by atoms with van der Waals surface area (Å²) in [6.07, 6.45) is -0.239. The molecule has 4 N–H and O–H groups in total. The molecule has 7 nitrogen and oxygen atoms in total. The predicted molar refractivity (Wildman–Crippen MR) is 74.8 cm³/mol. The summed E-state index contributed by atoms with van der Waals surface area (Å²) < 4.78 is 46.6. The number of aliphatic hydroxyl groups excluding tert-OH is 1. The van der Waals surface area contributed by atoms with Crippen LogP contribution in [0.3, 0.4) is 0 Å². The van der Waals surface area contributed by atoms with E-state index in [0.29, 0.717) is 29.9 Å². The summed E-state index contributed by atoms with van der Waals surface area (Å²) in [5, 5.41) is 17.4. The van der Waals surface area contributed by atoms with Crippen LogP contribution in [-0.2, 0) is 19.9 Å². The minimum Gasteiger partial charge on any atom is -0.392 e. The maximum atomic E-state index is 12.0. The predicted octanol–water partition coefficient (Wildman–Crippen LogP) is -0.416. The average molecular weight is 340 g/mol. The van der Waals surface area contributed by atoms with Gasteiger partial charge >= 0.3 is 0 Å². The molecule has 0 saturated carbocycles. The molecular weight excluding hydrogens is 324 g/mol. The Morgan fingerprint density at radius 2 is 2.25 bits per heavy atom. The molecular formula is C10H16N2O5S3. The Morgan fingerprint density at radius 3 is 2.80 bits per heavy atom. The molecule has 0 fully saturated rings. The van der Waals surface area contributed by atoms with Crippen molar-refractivity contribution in [2.24, 2.45) is 5.14 Å². The molecule has 1 aliphatic heterocycles. The smallest absolute Gasteiger partial charge is 0.247 e. The Hall–Kier alpha value is -0.520. The van der Waals surface area contributed by atoms with Gasteiger partial charge in [-0.3, -0.25) is 0 Å². The zero-order chi connectivity index (χ0) is 15.1. The number of hydrogen-bond acceptors (Lipinski definition) is 7. The van der Waals surface area contributed by atoms with E-state index in [4.69, 9.17) is 5.14 Å². The molecule has 2 heterocycles. The van der Waals surface area contributed by atoms with Gasteiger partial charge in [-0.1, -0.05) is 0 Å². The molecule has 0 spiro atoms. The SMILES string of the molecule is CC(O)CNC1CCS(=O)(=O)c2sc(S(N)(=O)=O)cc21. The standard InChI is InChI=1S/C10H16N2O5S3/c1-6(13)5-12-8-2-3-19(14,15)10-7(8)4-9(18-10)20(11,16)17/h4,6,8,12-13H,2-3,5H2,1H3,(H2,11,16,17). The summed E-state index contributed by atoms with van der Waals surface area (Å²) in [5.41, 5.74) is 0.422. The average Bonchev–Trinajstić information content (AvgIpc) is 2.73. The number of nitrogens with two attached hydrogens (primary N) is 1. The zero-order valence-corrected chi connectivity index (χ0v) is 13.2. The molecule has 0 aromatic carbocycles. The van der Waals surface area contributed by atoms with Crippen LogP contribution in [0.1, 0.15) is 24.9 Å². The van der Waals surface area contributed by atoms with Crippen LogP contribution in [0.4, 0.5) is 0 Å². The van der Waals surface area contributed by atoms with Gasteiger partial charge in [-0.2, -0.15) is 0 Å². The number of sulfone groups is 1. The van der Waals surface area contributed by atoms with Gasteiger partial charge in [0.05, 0.1) is 11.9 Å². The van der Waals surface area contributed by atoms with Crippen LogP contribution in [0.5, 0.6) is 0 Å². The van der Waals surface area contributed by atoms with Gasteiger partial charge in [-0.25, -0.2) is 22.0 Å². The maximum Gasteiger partial charge on any atom is 0.247 e. The highest BCUT2D eigenvalue weighted by Crippen LogP contribution is 2.39. The number of sulfonamides is 1. The van der Waals surface area contributed by atoms with Crippen molar-refractivity contribution in [1.29, 1.82) is 0 Å². The van der Waals surface area contributed by atoms with Gasteiger partial charge in [-0.05, 0) is 19.4 Å². The van der Waals surface area contributed by atoms with Crippen LogP contribution in [0.15, 0.2) is 14.5 Å². The van der Waals surface area contributed by atoms with Crippen molar-refractivity contribution in [3.8, 4) is 0 Å². The van der Waals surface area contributed by atoms with Crippen LogP contribution in [-0.4, -0.2) is 40.3 Å². The minimum atomic E-state index is -3.92. The highest BCUT2D eigenvalue weighted by atomic mass is 32.3. The van der Waals surface area contributed by atoms with E-state index >= 15 is 0 Å². The first-order chi connectivity index (χ1) is 9.11. The highest BCUT2D eigenvalue weighted by molar-refractivity contribution is 7.95. The Morgan fingerprint density at radius 1 is 1.60 bits per heavy atom. The van der Waals surface area contributed by atoms with Crippen molar-refractivity contribution in [3.05, 3.63) is 11.6 Å². The lowest BCUT2D eigenvalue weighted by atomic mass is 10.1. The third-order valence-corrected chi connectivity index (χ3v) is 7.93. The molecule has 114 valence electrons. The molecule has 0 amide bonds. The van der Waals surface area contributed by atoms with Gasteiger partial charge in [0.1, 0.15) is 8.42 Å². The van der Waals surface area contributed by atoms with E-state index in [1.165, 1.54) is 6.07 Å². The highest BCUT2D eigenvalue weighted by Gasteiger charge is 2.34. The molecule has 0 bridgehead atoms. The molecule has 1 aliphatic rings.